The zero-order valence-corrected chi connectivity index (χ0v) is 23.1. The number of nitrogens with zero attached hydrogens (tertiary/aromatic N) is 4. The second kappa shape index (κ2) is 13.3. The summed E-state index contributed by atoms with van der Waals surface area (Å²) in [5.41, 5.74) is -1.02. The van der Waals surface area contributed by atoms with Gasteiger partial charge < -0.3 is 19.7 Å². The van der Waals surface area contributed by atoms with Crippen molar-refractivity contribution in [1.29, 1.82) is 0 Å². The maximum absolute atomic E-state index is 14.8. The molecule has 2 heterocycles. The van der Waals surface area contributed by atoms with E-state index in [0.29, 0.717) is 0 Å². The summed E-state index contributed by atoms with van der Waals surface area (Å²) in [5.74, 6) is -1.58. The quantitative estimate of drug-likeness (QED) is 0.169. The van der Waals surface area contributed by atoms with Gasteiger partial charge in [-0.2, -0.15) is 18.2 Å². The number of ether oxygens (including phenoxy) is 2. The third-order valence-corrected chi connectivity index (χ3v) is 5.11. The largest absolute Gasteiger partial charge is 0.464 e. The Balaban J connectivity index is 0.00000316. The smallest absolute Gasteiger partial charge is 0.425 e. The van der Waals surface area contributed by atoms with Gasteiger partial charge in [0, 0.05) is 20.1 Å². The van der Waals surface area contributed by atoms with Gasteiger partial charge in [0.1, 0.15) is 22.3 Å². The van der Waals surface area contributed by atoms with Crippen molar-refractivity contribution >= 4 is 46.2 Å². The molecular formula is C22H32ClF4N5O3S. The normalized spacial score (nSPS) is 12.5. The summed E-state index contributed by atoms with van der Waals surface area (Å²) < 4.78 is 65.2. The number of carbonyl (C=O) groups is 1. The predicted molar refractivity (Wildman–Crippen MR) is 134 cm³/mol. The van der Waals surface area contributed by atoms with Crippen LogP contribution in [0.25, 0.3) is 10.9 Å². The molecule has 1 atom stereocenters. The average Bonchev–Trinajstić information content (AvgIpc) is 2.79. The topological polar surface area (TPSA) is 89.5 Å². The van der Waals surface area contributed by atoms with Crippen LogP contribution in [-0.2, 0) is 4.74 Å². The van der Waals surface area contributed by atoms with Crippen LogP contribution in [0, 0.1) is 5.82 Å². The number of nitrogens with one attached hydrogen (secondary N) is 1. The number of amides is 1. The molecule has 1 unspecified atom stereocenters. The molecule has 0 aliphatic heterocycles. The number of halogens is 5. The first kappa shape index (κ1) is 31.7. The molecule has 0 aliphatic rings. The number of rotatable bonds is 8. The van der Waals surface area contributed by atoms with E-state index in [1.54, 1.807) is 27.0 Å². The van der Waals surface area contributed by atoms with Gasteiger partial charge in [-0.15, -0.1) is 0 Å². The van der Waals surface area contributed by atoms with Gasteiger partial charge in [0.2, 0.25) is 5.88 Å². The fourth-order valence-corrected chi connectivity index (χ4v) is 3.22. The van der Waals surface area contributed by atoms with Gasteiger partial charge in [-0.3, -0.25) is 0 Å². The lowest BCUT2D eigenvalue weighted by Crippen LogP contribution is -2.36. The second-order valence-corrected chi connectivity index (χ2v) is 9.32. The Kier molecular flexibility index (Phi) is 11.7. The van der Waals surface area contributed by atoms with Crippen molar-refractivity contribution in [3.8, 4) is 5.88 Å². The summed E-state index contributed by atoms with van der Waals surface area (Å²) >= 11 is 6.92. The second-order valence-electron chi connectivity index (χ2n) is 8.19. The molecule has 0 aromatic carbocycles. The summed E-state index contributed by atoms with van der Waals surface area (Å²) in [6.07, 6.45) is -6.21. The standard InChI is InChI=1S/C20H26ClF4N5O3S.C2H6/c1-7-10(20(23,24)25)32-16-11-13(12(22)14(21)28-16)27-17(34-6)29-15(11)26-8-9-30(5)18(31)33-19(2,3)4;1-2/h10H,7-9H2,1-6H3,(H,26,27,29);1-2H3. The van der Waals surface area contributed by atoms with Crippen LogP contribution in [0.5, 0.6) is 5.88 Å². The number of thioether (sulfide) groups is 1. The molecule has 0 spiro atoms. The highest BCUT2D eigenvalue weighted by Crippen LogP contribution is 2.37. The number of carbonyl (C=O) groups excluding carboxylic acids is 1. The first-order valence-corrected chi connectivity index (χ1v) is 12.8. The Morgan fingerprint density at radius 3 is 2.31 bits per heavy atom. The highest BCUT2D eigenvalue weighted by Gasteiger charge is 2.41. The van der Waals surface area contributed by atoms with Gasteiger partial charge in [-0.1, -0.05) is 44.1 Å². The maximum Gasteiger partial charge on any atom is 0.425 e. The fourth-order valence-electron chi connectivity index (χ4n) is 2.69. The van der Waals surface area contributed by atoms with Crippen molar-refractivity contribution < 1.29 is 31.8 Å². The Morgan fingerprint density at radius 2 is 1.81 bits per heavy atom. The lowest BCUT2D eigenvalue weighted by atomic mass is 10.2. The van der Waals surface area contributed by atoms with Crippen molar-refractivity contribution in [3.63, 3.8) is 0 Å². The minimum absolute atomic E-state index is 0.0120. The number of anilines is 1. The van der Waals surface area contributed by atoms with Crippen molar-refractivity contribution in [2.45, 2.75) is 71.0 Å². The number of pyridine rings is 1. The van der Waals surface area contributed by atoms with Crippen molar-refractivity contribution in [1.82, 2.24) is 19.9 Å². The van der Waals surface area contributed by atoms with Crippen molar-refractivity contribution in [2.24, 2.45) is 0 Å². The molecule has 36 heavy (non-hydrogen) atoms. The minimum atomic E-state index is -4.69. The third-order valence-electron chi connectivity index (χ3n) is 4.31. The van der Waals surface area contributed by atoms with Gasteiger partial charge in [0.05, 0.1) is 0 Å². The number of alkyl halides is 3. The molecule has 2 rings (SSSR count). The minimum Gasteiger partial charge on any atom is -0.464 e. The first-order valence-electron chi connectivity index (χ1n) is 11.2. The Hall–Kier alpha value is -2.28. The molecule has 0 bridgehead atoms. The zero-order chi connectivity index (χ0) is 27.8. The van der Waals surface area contributed by atoms with E-state index in [1.165, 1.54) is 18.9 Å². The highest BCUT2D eigenvalue weighted by atomic mass is 35.5. The van der Waals surface area contributed by atoms with Gasteiger partial charge in [-0.05, 0) is 33.4 Å². The molecule has 0 radical (unpaired) electrons. The summed E-state index contributed by atoms with van der Waals surface area (Å²) in [4.78, 5) is 25.4. The van der Waals surface area contributed by atoms with E-state index in [2.05, 4.69) is 20.3 Å². The molecule has 0 saturated heterocycles. The SMILES string of the molecule is CC.CCC(Oc1nc(Cl)c(F)c2nc(SC)nc(NCCN(C)C(=O)OC(C)(C)C)c12)C(F)(F)F. The molecule has 0 saturated carbocycles. The number of fused-ring (bicyclic) bond motifs is 1. The van der Waals surface area contributed by atoms with E-state index >= 15 is 0 Å². The lowest BCUT2D eigenvalue weighted by Gasteiger charge is -2.25. The van der Waals surface area contributed by atoms with E-state index in [-0.39, 0.29) is 35.0 Å². The molecule has 1 N–H and O–H groups in total. The number of likely N-dealkylation sites (N-methyl/N-ethyl adjacent to an activating group) is 1. The molecule has 14 heteroatoms. The summed E-state index contributed by atoms with van der Waals surface area (Å²) in [6.45, 7) is 10.7. The average molecular weight is 558 g/mol. The monoisotopic (exact) mass is 557 g/mol. The molecule has 0 aliphatic carbocycles. The van der Waals surface area contributed by atoms with Crippen LogP contribution in [0.4, 0.5) is 28.2 Å². The van der Waals surface area contributed by atoms with E-state index in [4.69, 9.17) is 21.1 Å². The number of hydrogen-bond acceptors (Lipinski definition) is 8. The summed E-state index contributed by atoms with van der Waals surface area (Å²) in [6, 6.07) is 0. The van der Waals surface area contributed by atoms with Crippen LogP contribution in [0.1, 0.15) is 48.0 Å². The Labute approximate surface area is 217 Å². The Bertz CT molecular complexity index is 1040. The van der Waals surface area contributed by atoms with Gasteiger partial charge >= 0.3 is 12.3 Å². The van der Waals surface area contributed by atoms with E-state index in [0.717, 1.165) is 11.8 Å². The van der Waals surface area contributed by atoms with E-state index < -0.39 is 47.2 Å². The number of aromatic nitrogens is 3. The van der Waals surface area contributed by atoms with E-state index in [9.17, 15) is 22.4 Å². The van der Waals surface area contributed by atoms with Crippen LogP contribution in [0.3, 0.4) is 0 Å². The molecule has 2 aromatic rings. The third kappa shape index (κ3) is 8.68. The van der Waals surface area contributed by atoms with Crippen molar-refractivity contribution in [2.75, 3.05) is 31.7 Å². The van der Waals surface area contributed by atoms with Gasteiger partial charge in [0.15, 0.2) is 22.2 Å². The first-order chi connectivity index (χ1) is 16.7. The Morgan fingerprint density at radius 1 is 1.19 bits per heavy atom. The fraction of sp³-hybridized carbons (Fsp3) is 0.636. The molecule has 0 fully saturated rings. The molecule has 8 nitrogen and oxygen atoms in total. The van der Waals surface area contributed by atoms with E-state index in [1.807, 2.05) is 13.8 Å². The summed E-state index contributed by atoms with van der Waals surface area (Å²) in [7, 11) is 1.52. The molecule has 1 amide bonds. The summed E-state index contributed by atoms with van der Waals surface area (Å²) in [5, 5.41) is 2.18. The highest BCUT2D eigenvalue weighted by molar-refractivity contribution is 7.98. The number of hydrogen-bond donors (Lipinski definition) is 1. The van der Waals surface area contributed by atoms with Crippen LogP contribution in [0.15, 0.2) is 5.16 Å². The molecular weight excluding hydrogens is 526 g/mol. The van der Waals surface area contributed by atoms with Crippen LogP contribution in [0.2, 0.25) is 5.15 Å². The maximum atomic E-state index is 14.8. The van der Waals surface area contributed by atoms with Gasteiger partial charge in [0.25, 0.3) is 0 Å². The van der Waals surface area contributed by atoms with Gasteiger partial charge in [-0.25, -0.2) is 19.2 Å². The van der Waals surface area contributed by atoms with Crippen molar-refractivity contribution in [3.05, 3.63) is 11.0 Å². The van der Waals surface area contributed by atoms with Crippen LogP contribution >= 0.6 is 23.4 Å². The molecule has 204 valence electrons. The van der Waals surface area contributed by atoms with Crippen LogP contribution in [-0.4, -0.2) is 70.2 Å². The molecule has 2 aromatic heterocycles. The zero-order valence-electron chi connectivity index (χ0n) is 21.5. The predicted octanol–water partition coefficient (Wildman–Crippen LogP) is 6.56. The lowest BCUT2D eigenvalue weighted by molar-refractivity contribution is -0.196. The van der Waals surface area contributed by atoms with Crippen LogP contribution < -0.4 is 10.1 Å².